The molecule has 1 aromatic rings. The molecular weight excluding hydrogens is 255 g/mol. The molecule has 2 heterocycles. The summed E-state index contributed by atoms with van der Waals surface area (Å²) in [4.78, 5) is 28.0. The van der Waals surface area contributed by atoms with Gasteiger partial charge in [-0.05, 0) is 6.07 Å². The van der Waals surface area contributed by atoms with Crippen molar-refractivity contribution in [3.8, 4) is 0 Å². The minimum absolute atomic E-state index is 0.109. The van der Waals surface area contributed by atoms with Gasteiger partial charge in [0.05, 0.1) is 37.4 Å². The number of aliphatic carboxylic acids is 1. The third-order valence-corrected chi connectivity index (χ3v) is 2.85. The molecule has 6 nitrogen and oxygen atoms in total. The smallest absolute Gasteiger partial charge is 0.305 e. The maximum atomic E-state index is 13.0. The molecule has 102 valence electrons. The minimum Gasteiger partial charge on any atom is -0.481 e. The Hall–Kier alpha value is -2.02. The van der Waals surface area contributed by atoms with Crippen LogP contribution in [0.25, 0.3) is 0 Å². The van der Waals surface area contributed by atoms with E-state index < -0.39 is 23.7 Å². The Bertz CT molecular complexity index is 494. The second-order valence-electron chi connectivity index (χ2n) is 4.22. The van der Waals surface area contributed by atoms with Crippen LogP contribution < -0.4 is 0 Å². The molecule has 0 radical (unpaired) electrons. The first kappa shape index (κ1) is 13.4. The van der Waals surface area contributed by atoms with Crippen LogP contribution in [0.1, 0.15) is 16.8 Å². The van der Waals surface area contributed by atoms with Crippen molar-refractivity contribution in [1.29, 1.82) is 0 Å². The second-order valence-corrected chi connectivity index (χ2v) is 4.22. The Morgan fingerprint density at radius 1 is 1.53 bits per heavy atom. The maximum absolute atomic E-state index is 13.0. The zero-order chi connectivity index (χ0) is 13.8. The molecule has 1 saturated heterocycles. The number of nitrogens with zero attached hydrogens (tertiary/aromatic N) is 2. The number of rotatable bonds is 3. The van der Waals surface area contributed by atoms with Gasteiger partial charge in [0.2, 0.25) is 0 Å². The molecule has 1 aliphatic rings. The van der Waals surface area contributed by atoms with Crippen LogP contribution in [-0.4, -0.2) is 52.7 Å². The Labute approximate surface area is 108 Å². The summed E-state index contributed by atoms with van der Waals surface area (Å²) in [6.45, 7) is 0.790. The zero-order valence-electron chi connectivity index (χ0n) is 10.1. The highest BCUT2D eigenvalue weighted by atomic mass is 19.1. The molecule has 1 fully saturated rings. The van der Waals surface area contributed by atoms with Crippen molar-refractivity contribution in [3.05, 3.63) is 29.8 Å². The first-order valence-corrected chi connectivity index (χ1v) is 5.79. The standard InChI is InChI=1S/C12H13FN2O4/c13-9-3-8(5-14-6-9)12(18)15-1-2-19-7-10(15)4-11(16)17/h3,5-6,10H,1-2,4,7H2,(H,16,17). The van der Waals surface area contributed by atoms with E-state index in [1.54, 1.807) is 0 Å². The van der Waals surface area contributed by atoms with Gasteiger partial charge in [-0.1, -0.05) is 0 Å². The predicted octanol–water partition coefficient (Wildman–Crippen LogP) is 0.536. The van der Waals surface area contributed by atoms with Crippen LogP contribution in [0.2, 0.25) is 0 Å². The molecular formula is C12H13FN2O4. The van der Waals surface area contributed by atoms with E-state index in [2.05, 4.69) is 4.98 Å². The lowest BCUT2D eigenvalue weighted by molar-refractivity contribution is -0.139. The average Bonchev–Trinajstić information content (AvgIpc) is 2.38. The lowest BCUT2D eigenvalue weighted by Gasteiger charge is -2.34. The van der Waals surface area contributed by atoms with E-state index in [4.69, 9.17) is 9.84 Å². The molecule has 0 aromatic carbocycles. The maximum Gasteiger partial charge on any atom is 0.305 e. The van der Waals surface area contributed by atoms with Crippen LogP contribution in [-0.2, 0) is 9.53 Å². The fourth-order valence-corrected chi connectivity index (χ4v) is 1.99. The van der Waals surface area contributed by atoms with E-state index in [0.717, 1.165) is 12.3 Å². The Morgan fingerprint density at radius 2 is 2.32 bits per heavy atom. The topological polar surface area (TPSA) is 79.7 Å². The molecule has 0 aliphatic carbocycles. The normalized spacial score (nSPS) is 19.2. The van der Waals surface area contributed by atoms with Gasteiger partial charge in [0.15, 0.2) is 0 Å². The third kappa shape index (κ3) is 3.25. The SMILES string of the molecule is O=C(O)CC1COCCN1C(=O)c1cncc(F)c1. The van der Waals surface area contributed by atoms with Gasteiger partial charge < -0.3 is 14.7 Å². The Kier molecular flexibility index (Phi) is 4.06. The summed E-state index contributed by atoms with van der Waals surface area (Å²) < 4.78 is 18.2. The third-order valence-electron chi connectivity index (χ3n) is 2.85. The molecule has 1 atom stereocenters. The summed E-state index contributed by atoms with van der Waals surface area (Å²) in [5.41, 5.74) is 0.109. The number of carbonyl (C=O) groups is 2. The number of carbonyl (C=O) groups excluding carboxylic acids is 1. The van der Waals surface area contributed by atoms with Crippen LogP contribution in [0.4, 0.5) is 4.39 Å². The van der Waals surface area contributed by atoms with Crippen LogP contribution in [0, 0.1) is 5.82 Å². The van der Waals surface area contributed by atoms with Crippen molar-refractivity contribution in [2.75, 3.05) is 19.8 Å². The fraction of sp³-hybridized carbons (Fsp3) is 0.417. The van der Waals surface area contributed by atoms with Crippen molar-refractivity contribution < 1.29 is 23.8 Å². The Balaban J connectivity index is 2.17. The van der Waals surface area contributed by atoms with Gasteiger partial charge in [0.1, 0.15) is 5.82 Å². The first-order chi connectivity index (χ1) is 9.08. The summed E-state index contributed by atoms with van der Waals surface area (Å²) in [5.74, 6) is -2.04. The quantitative estimate of drug-likeness (QED) is 0.865. The number of aromatic nitrogens is 1. The molecule has 7 heteroatoms. The second kappa shape index (κ2) is 5.75. The number of hydrogen-bond acceptors (Lipinski definition) is 4. The van der Waals surface area contributed by atoms with Gasteiger partial charge in [-0.3, -0.25) is 14.6 Å². The monoisotopic (exact) mass is 268 g/mol. The first-order valence-electron chi connectivity index (χ1n) is 5.79. The largest absolute Gasteiger partial charge is 0.481 e. The van der Waals surface area contributed by atoms with Crippen LogP contribution in [0.5, 0.6) is 0 Å². The highest BCUT2D eigenvalue weighted by Gasteiger charge is 2.30. The number of amides is 1. The fourth-order valence-electron chi connectivity index (χ4n) is 1.99. The molecule has 1 amide bonds. The van der Waals surface area contributed by atoms with Crippen LogP contribution in [0.3, 0.4) is 0 Å². The van der Waals surface area contributed by atoms with Crippen molar-refractivity contribution in [2.45, 2.75) is 12.5 Å². The molecule has 1 unspecified atom stereocenters. The van der Waals surface area contributed by atoms with Crippen molar-refractivity contribution in [1.82, 2.24) is 9.88 Å². The number of halogens is 1. The molecule has 2 rings (SSSR count). The summed E-state index contributed by atoms with van der Waals surface area (Å²) in [7, 11) is 0. The van der Waals surface area contributed by atoms with E-state index in [9.17, 15) is 14.0 Å². The molecule has 19 heavy (non-hydrogen) atoms. The molecule has 1 aromatic heterocycles. The van der Waals surface area contributed by atoms with Crippen LogP contribution in [0.15, 0.2) is 18.5 Å². The number of morpholine rings is 1. The average molecular weight is 268 g/mol. The van der Waals surface area contributed by atoms with Crippen LogP contribution >= 0.6 is 0 Å². The number of carboxylic acid groups (broad SMARTS) is 1. The highest BCUT2D eigenvalue weighted by molar-refractivity contribution is 5.94. The number of pyridine rings is 1. The lowest BCUT2D eigenvalue weighted by Crippen LogP contribution is -2.49. The van der Waals surface area contributed by atoms with Gasteiger partial charge in [-0.2, -0.15) is 0 Å². The van der Waals surface area contributed by atoms with E-state index >= 15 is 0 Å². The van der Waals surface area contributed by atoms with Crippen molar-refractivity contribution in [3.63, 3.8) is 0 Å². The van der Waals surface area contributed by atoms with Gasteiger partial charge in [-0.15, -0.1) is 0 Å². The predicted molar refractivity (Wildman–Crippen MR) is 62.1 cm³/mol. The van der Waals surface area contributed by atoms with Crippen molar-refractivity contribution in [2.24, 2.45) is 0 Å². The summed E-state index contributed by atoms with van der Waals surface area (Å²) in [6, 6.07) is 0.546. The van der Waals surface area contributed by atoms with Gasteiger partial charge in [0.25, 0.3) is 5.91 Å². The van der Waals surface area contributed by atoms with Gasteiger partial charge in [-0.25, -0.2) is 4.39 Å². The summed E-state index contributed by atoms with van der Waals surface area (Å²) in [5, 5.41) is 8.81. The van der Waals surface area contributed by atoms with E-state index in [0.29, 0.717) is 6.61 Å². The zero-order valence-corrected chi connectivity index (χ0v) is 10.1. The molecule has 0 bridgehead atoms. The van der Waals surface area contributed by atoms with E-state index in [-0.39, 0.29) is 25.1 Å². The van der Waals surface area contributed by atoms with E-state index in [1.165, 1.54) is 11.1 Å². The lowest BCUT2D eigenvalue weighted by atomic mass is 10.1. The van der Waals surface area contributed by atoms with E-state index in [1.807, 2.05) is 0 Å². The summed E-state index contributed by atoms with van der Waals surface area (Å²) in [6.07, 6.45) is 2.07. The minimum atomic E-state index is -1.01. The molecule has 1 N–H and O–H groups in total. The van der Waals surface area contributed by atoms with Gasteiger partial charge in [0, 0.05) is 12.7 Å². The number of hydrogen-bond donors (Lipinski definition) is 1. The highest BCUT2D eigenvalue weighted by Crippen LogP contribution is 2.15. The number of ether oxygens (including phenoxy) is 1. The molecule has 1 aliphatic heterocycles. The van der Waals surface area contributed by atoms with Gasteiger partial charge >= 0.3 is 5.97 Å². The summed E-state index contributed by atoms with van der Waals surface area (Å²) >= 11 is 0. The number of carboxylic acids is 1. The molecule has 0 spiro atoms. The Morgan fingerprint density at radius 3 is 3.00 bits per heavy atom. The molecule has 0 saturated carbocycles. The van der Waals surface area contributed by atoms with Crippen molar-refractivity contribution >= 4 is 11.9 Å².